The van der Waals surface area contributed by atoms with E-state index in [1.807, 2.05) is 45.9 Å². The second-order valence-corrected chi connectivity index (χ2v) is 12.9. The van der Waals surface area contributed by atoms with Crippen molar-refractivity contribution in [3.05, 3.63) is 34.9 Å². The van der Waals surface area contributed by atoms with Gasteiger partial charge in [-0.2, -0.15) is 0 Å². The fourth-order valence-electron chi connectivity index (χ4n) is 5.31. The monoisotopic (exact) mass is 557 g/mol. The molecule has 3 amide bonds. The second kappa shape index (κ2) is 16.0. The molecule has 0 aromatic heterocycles. The van der Waals surface area contributed by atoms with Crippen LogP contribution in [0, 0.1) is 19.8 Å². The molecule has 2 unspecified atom stereocenters. The Morgan fingerprint density at radius 1 is 0.975 bits per heavy atom. The van der Waals surface area contributed by atoms with Gasteiger partial charge < -0.3 is 20.3 Å². The van der Waals surface area contributed by atoms with Crippen LogP contribution >= 0.6 is 0 Å². The largest absolute Gasteiger partial charge is 0.444 e. The summed E-state index contributed by atoms with van der Waals surface area (Å²) in [6, 6.07) is 4.55. The topological polar surface area (TPSA) is 87.7 Å². The van der Waals surface area contributed by atoms with E-state index in [0.717, 1.165) is 74.5 Å². The molecule has 1 aromatic carbocycles. The number of amides is 3. The van der Waals surface area contributed by atoms with Crippen molar-refractivity contribution in [2.45, 2.75) is 143 Å². The maximum atomic E-state index is 14.3. The zero-order chi connectivity index (χ0) is 29.9. The molecule has 0 aliphatic heterocycles. The van der Waals surface area contributed by atoms with E-state index >= 15 is 0 Å². The fraction of sp³-hybridized carbons (Fsp3) is 0.727. The SMILES string of the molecule is CCCCCCCN(C(=O)C(NC(=O)OC(C)(C)C)C(C)C)C(C(=O)NC1CCCCC1)c1ccc(C)c(C)c1. The van der Waals surface area contributed by atoms with Crippen LogP contribution in [0.25, 0.3) is 0 Å². The highest BCUT2D eigenvalue weighted by Gasteiger charge is 2.38. The molecule has 0 saturated heterocycles. The third kappa shape index (κ3) is 10.8. The van der Waals surface area contributed by atoms with Crippen LogP contribution in [0.3, 0.4) is 0 Å². The van der Waals surface area contributed by atoms with Crippen LogP contribution in [0.4, 0.5) is 4.79 Å². The van der Waals surface area contributed by atoms with Gasteiger partial charge in [0.2, 0.25) is 11.8 Å². The number of carbonyl (C=O) groups is 3. The molecule has 0 radical (unpaired) electrons. The third-order valence-electron chi connectivity index (χ3n) is 7.75. The van der Waals surface area contributed by atoms with Crippen molar-refractivity contribution in [2.75, 3.05) is 6.54 Å². The normalized spacial score (nSPS) is 15.8. The van der Waals surface area contributed by atoms with Crippen molar-refractivity contribution >= 4 is 17.9 Å². The number of alkyl carbamates (subject to hydrolysis) is 1. The zero-order valence-corrected chi connectivity index (χ0v) is 26.4. The average Bonchev–Trinajstić information content (AvgIpc) is 2.87. The highest BCUT2D eigenvalue weighted by molar-refractivity contribution is 5.92. The molecule has 2 atom stereocenters. The van der Waals surface area contributed by atoms with E-state index in [0.29, 0.717) is 6.54 Å². The van der Waals surface area contributed by atoms with Gasteiger partial charge in [-0.1, -0.05) is 83.9 Å². The Hall–Kier alpha value is -2.57. The van der Waals surface area contributed by atoms with Gasteiger partial charge in [0.1, 0.15) is 17.7 Å². The molecular weight excluding hydrogens is 502 g/mol. The number of hydrogen-bond acceptors (Lipinski definition) is 4. The lowest BCUT2D eigenvalue weighted by atomic mass is 9.93. The average molecular weight is 558 g/mol. The second-order valence-electron chi connectivity index (χ2n) is 12.9. The Morgan fingerprint density at radius 3 is 2.20 bits per heavy atom. The zero-order valence-electron chi connectivity index (χ0n) is 26.4. The van der Waals surface area contributed by atoms with E-state index in [1.54, 1.807) is 25.7 Å². The minimum absolute atomic E-state index is 0.123. The van der Waals surface area contributed by atoms with Gasteiger partial charge in [-0.05, 0) is 76.5 Å². The van der Waals surface area contributed by atoms with Crippen LogP contribution in [0.1, 0.15) is 128 Å². The van der Waals surface area contributed by atoms with Gasteiger partial charge in [-0.25, -0.2) is 4.79 Å². The number of benzene rings is 1. The van der Waals surface area contributed by atoms with E-state index in [1.165, 1.54) is 6.42 Å². The Labute approximate surface area is 243 Å². The number of hydrogen-bond donors (Lipinski definition) is 2. The summed E-state index contributed by atoms with van der Waals surface area (Å²) in [6.07, 6.45) is 9.84. The number of rotatable bonds is 13. The quantitative estimate of drug-likeness (QED) is 0.252. The smallest absolute Gasteiger partial charge is 0.408 e. The maximum Gasteiger partial charge on any atom is 0.408 e. The van der Waals surface area contributed by atoms with Gasteiger partial charge in [0.15, 0.2) is 0 Å². The van der Waals surface area contributed by atoms with Crippen molar-refractivity contribution in [2.24, 2.45) is 5.92 Å². The molecule has 40 heavy (non-hydrogen) atoms. The lowest BCUT2D eigenvalue weighted by molar-refractivity contribution is -0.143. The van der Waals surface area contributed by atoms with E-state index in [2.05, 4.69) is 17.6 Å². The molecule has 1 aliphatic rings. The maximum absolute atomic E-state index is 14.3. The number of aryl methyl sites for hydroxylation is 2. The fourth-order valence-corrected chi connectivity index (χ4v) is 5.31. The number of carbonyl (C=O) groups excluding carboxylic acids is 3. The van der Waals surface area contributed by atoms with Crippen LogP contribution in [-0.2, 0) is 14.3 Å². The first-order chi connectivity index (χ1) is 18.8. The Morgan fingerprint density at radius 2 is 1.62 bits per heavy atom. The Balaban J connectivity index is 2.47. The van der Waals surface area contributed by atoms with Crippen LogP contribution in [0.15, 0.2) is 18.2 Å². The molecule has 0 bridgehead atoms. The summed E-state index contributed by atoms with van der Waals surface area (Å²) < 4.78 is 5.50. The van der Waals surface area contributed by atoms with E-state index in [-0.39, 0.29) is 23.8 Å². The highest BCUT2D eigenvalue weighted by atomic mass is 16.6. The molecule has 1 fully saturated rings. The third-order valence-corrected chi connectivity index (χ3v) is 7.75. The highest BCUT2D eigenvalue weighted by Crippen LogP contribution is 2.28. The molecule has 226 valence electrons. The predicted octanol–water partition coefficient (Wildman–Crippen LogP) is 7.14. The first-order valence-corrected chi connectivity index (χ1v) is 15.5. The van der Waals surface area contributed by atoms with Gasteiger partial charge in [0.05, 0.1) is 0 Å². The summed E-state index contributed by atoms with van der Waals surface area (Å²) in [5, 5.41) is 6.12. The summed E-state index contributed by atoms with van der Waals surface area (Å²) in [6.45, 7) is 15.9. The molecule has 2 N–H and O–H groups in total. The van der Waals surface area contributed by atoms with E-state index in [4.69, 9.17) is 4.74 Å². The summed E-state index contributed by atoms with van der Waals surface area (Å²) in [5.41, 5.74) is 2.34. The van der Waals surface area contributed by atoms with Gasteiger partial charge >= 0.3 is 6.09 Å². The molecule has 7 nitrogen and oxygen atoms in total. The minimum atomic E-state index is -0.818. The lowest BCUT2D eigenvalue weighted by Gasteiger charge is -2.37. The first-order valence-electron chi connectivity index (χ1n) is 15.5. The molecule has 1 saturated carbocycles. The standard InChI is InChI=1S/C33H55N3O4/c1-9-10-11-12-16-21-36(31(38)28(23(2)3)35-32(39)40-33(6,7)8)29(26-20-19-24(4)25(5)22-26)30(37)34-27-17-14-13-15-18-27/h19-20,22-23,27-29H,9-18,21H2,1-8H3,(H,34,37)(H,35,39). The molecule has 0 heterocycles. The first kappa shape index (κ1) is 33.6. The number of ether oxygens (including phenoxy) is 1. The van der Waals surface area contributed by atoms with Crippen molar-refractivity contribution in [3.63, 3.8) is 0 Å². The van der Waals surface area contributed by atoms with E-state index < -0.39 is 23.8 Å². The molecular formula is C33H55N3O4. The van der Waals surface area contributed by atoms with Crippen molar-refractivity contribution in [3.8, 4) is 0 Å². The summed E-state index contributed by atoms with van der Waals surface area (Å²) >= 11 is 0. The van der Waals surface area contributed by atoms with Crippen LogP contribution < -0.4 is 10.6 Å². The summed E-state index contributed by atoms with van der Waals surface area (Å²) in [7, 11) is 0. The van der Waals surface area contributed by atoms with Gasteiger partial charge in [0, 0.05) is 12.6 Å². The number of nitrogens with zero attached hydrogens (tertiary/aromatic N) is 1. The lowest BCUT2D eigenvalue weighted by Crippen LogP contribution is -2.55. The van der Waals surface area contributed by atoms with Crippen LogP contribution in [0.5, 0.6) is 0 Å². The number of unbranched alkanes of at least 4 members (excludes halogenated alkanes) is 4. The van der Waals surface area contributed by atoms with Crippen LogP contribution in [-0.4, -0.2) is 47.0 Å². The van der Waals surface area contributed by atoms with Crippen molar-refractivity contribution < 1.29 is 19.1 Å². The molecule has 2 rings (SSSR count). The number of nitrogens with one attached hydrogen (secondary N) is 2. The Kier molecular flexibility index (Phi) is 13.5. The van der Waals surface area contributed by atoms with Gasteiger partial charge in [-0.15, -0.1) is 0 Å². The summed E-state index contributed by atoms with van der Waals surface area (Å²) in [5.74, 6) is -0.584. The van der Waals surface area contributed by atoms with Gasteiger partial charge in [-0.3, -0.25) is 9.59 Å². The van der Waals surface area contributed by atoms with E-state index in [9.17, 15) is 14.4 Å². The van der Waals surface area contributed by atoms with Crippen molar-refractivity contribution in [1.29, 1.82) is 0 Å². The minimum Gasteiger partial charge on any atom is -0.444 e. The molecule has 0 spiro atoms. The molecule has 7 heteroatoms. The Bertz CT molecular complexity index is 963. The van der Waals surface area contributed by atoms with Crippen LogP contribution in [0.2, 0.25) is 0 Å². The summed E-state index contributed by atoms with van der Waals surface area (Å²) in [4.78, 5) is 42.9. The van der Waals surface area contributed by atoms with Gasteiger partial charge in [0.25, 0.3) is 0 Å². The molecule has 1 aliphatic carbocycles. The van der Waals surface area contributed by atoms with Crippen molar-refractivity contribution in [1.82, 2.24) is 15.5 Å². The predicted molar refractivity (Wildman–Crippen MR) is 162 cm³/mol. The molecule has 1 aromatic rings.